The summed E-state index contributed by atoms with van der Waals surface area (Å²) in [6, 6.07) is 15.5. The number of para-hydroxylation sites is 1. The van der Waals surface area contributed by atoms with Crippen molar-refractivity contribution in [1.29, 1.82) is 0 Å². The summed E-state index contributed by atoms with van der Waals surface area (Å²) in [6.07, 6.45) is -4.70. The summed E-state index contributed by atoms with van der Waals surface area (Å²) in [7, 11) is 0. The number of aromatic nitrogens is 2. The van der Waals surface area contributed by atoms with Crippen molar-refractivity contribution in [2.24, 2.45) is 0 Å². The molecule has 0 aliphatic rings. The van der Waals surface area contributed by atoms with E-state index in [1.807, 2.05) is 30.3 Å². The molecule has 9 heteroatoms. The number of benzene rings is 2. The van der Waals surface area contributed by atoms with Crippen molar-refractivity contribution in [2.75, 3.05) is 18.4 Å². The first-order valence-electron chi connectivity index (χ1n) is 8.02. The van der Waals surface area contributed by atoms with E-state index in [9.17, 15) is 18.0 Å². The monoisotopic (exact) mass is 376 g/mol. The Labute approximate surface area is 152 Å². The van der Waals surface area contributed by atoms with Crippen molar-refractivity contribution in [1.82, 2.24) is 15.5 Å². The SMILES string of the molecule is O=C(NCCNc1ccccc1)c1ccc(-c2noc(C(F)(F)F)n2)cc1. The largest absolute Gasteiger partial charge is 0.471 e. The predicted molar refractivity (Wildman–Crippen MR) is 92.0 cm³/mol. The number of carbonyl (C=O) groups excluding carboxylic acids is 1. The topological polar surface area (TPSA) is 80.0 Å². The third kappa shape index (κ3) is 4.84. The fraction of sp³-hybridized carbons (Fsp3) is 0.167. The molecule has 0 unspecified atom stereocenters. The highest BCUT2D eigenvalue weighted by Gasteiger charge is 2.38. The quantitative estimate of drug-likeness (QED) is 0.643. The van der Waals surface area contributed by atoms with Crippen molar-refractivity contribution in [3.63, 3.8) is 0 Å². The minimum atomic E-state index is -4.70. The third-order valence-electron chi connectivity index (χ3n) is 3.59. The van der Waals surface area contributed by atoms with Crippen molar-refractivity contribution in [3.8, 4) is 11.4 Å². The normalized spacial score (nSPS) is 11.2. The van der Waals surface area contributed by atoms with Gasteiger partial charge in [0.25, 0.3) is 5.91 Å². The summed E-state index contributed by atoms with van der Waals surface area (Å²) in [5, 5.41) is 9.22. The van der Waals surface area contributed by atoms with Gasteiger partial charge in [0.2, 0.25) is 5.82 Å². The zero-order valence-corrected chi connectivity index (χ0v) is 14.0. The van der Waals surface area contributed by atoms with Crippen LogP contribution in [0.5, 0.6) is 0 Å². The van der Waals surface area contributed by atoms with Crippen LogP contribution in [0.1, 0.15) is 16.2 Å². The van der Waals surface area contributed by atoms with E-state index in [0.29, 0.717) is 24.2 Å². The standard InChI is InChI=1S/C18H15F3N4O2/c19-18(20,21)17-24-15(25-27-17)12-6-8-13(9-7-12)16(26)23-11-10-22-14-4-2-1-3-5-14/h1-9,22H,10-11H2,(H,23,26). The molecule has 3 aromatic rings. The Kier molecular flexibility index (Phi) is 5.39. The maximum absolute atomic E-state index is 12.5. The number of halogens is 3. The van der Waals surface area contributed by atoms with Crippen molar-refractivity contribution < 1.29 is 22.5 Å². The van der Waals surface area contributed by atoms with Gasteiger partial charge in [-0.2, -0.15) is 18.2 Å². The number of anilines is 1. The van der Waals surface area contributed by atoms with Gasteiger partial charge in [-0.25, -0.2) is 0 Å². The molecular formula is C18H15F3N4O2. The Morgan fingerprint density at radius 3 is 2.33 bits per heavy atom. The highest BCUT2D eigenvalue weighted by atomic mass is 19.4. The number of amides is 1. The van der Waals surface area contributed by atoms with Gasteiger partial charge in [-0.15, -0.1) is 0 Å². The molecule has 3 rings (SSSR count). The summed E-state index contributed by atoms with van der Waals surface area (Å²) in [5.41, 5.74) is 1.64. The molecule has 0 fully saturated rings. The van der Waals surface area contributed by atoms with Gasteiger partial charge < -0.3 is 15.2 Å². The molecule has 27 heavy (non-hydrogen) atoms. The fourth-order valence-corrected chi connectivity index (χ4v) is 2.27. The minimum absolute atomic E-state index is 0.193. The van der Waals surface area contributed by atoms with E-state index in [-0.39, 0.29) is 11.7 Å². The summed E-state index contributed by atoms with van der Waals surface area (Å²) in [6.45, 7) is 0.964. The molecule has 1 amide bonds. The lowest BCUT2D eigenvalue weighted by molar-refractivity contribution is -0.159. The van der Waals surface area contributed by atoms with Crippen LogP contribution < -0.4 is 10.6 Å². The second-order valence-corrected chi connectivity index (χ2v) is 5.55. The lowest BCUT2D eigenvalue weighted by Crippen LogP contribution is -2.28. The first-order valence-corrected chi connectivity index (χ1v) is 8.02. The lowest BCUT2D eigenvalue weighted by atomic mass is 10.1. The molecule has 1 heterocycles. The summed E-state index contributed by atoms with van der Waals surface area (Å²) >= 11 is 0. The number of nitrogens with one attached hydrogen (secondary N) is 2. The molecule has 0 aliphatic heterocycles. The van der Waals surface area contributed by atoms with E-state index in [1.165, 1.54) is 24.3 Å². The van der Waals surface area contributed by atoms with E-state index in [0.717, 1.165) is 5.69 Å². The number of hydrogen-bond acceptors (Lipinski definition) is 5. The maximum Gasteiger partial charge on any atom is 0.471 e. The van der Waals surface area contributed by atoms with E-state index >= 15 is 0 Å². The summed E-state index contributed by atoms with van der Waals surface area (Å²) in [4.78, 5) is 15.4. The molecular weight excluding hydrogens is 361 g/mol. The number of hydrogen-bond donors (Lipinski definition) is 2. The molecule has 1 aromatic heterocycles. The van der Waals surface area contributed by atoms with E-state index in [1.54, 1.807) is 0 Å². The predicted octanol–water partition coefficient (Wildman–Crippen LogP) is 3.60. The van der Waals surface area contributed by atoms with Crippen LogP contribution >= 0.6 is 0 Å². The van der Waals surface area contributed by atoms with Crippen LogP contribution in [-0.2, 0) is 6.18 Å². The number of alkyl halides is 3. The van der Waals surface area contributed by atoms with Gasteiger partial charge in [0.1, 0.15) is 0 Å². The van der Waals surface area contributed by atoms with Gasteiger partial charge in [0.15, 0.2) is 0 Å². The molecule has 0 saturated heterocycles. The number of rotatable bonds is 6. The Morgan fingerprint density at radius 1 is 1.00 bits per heavy atom. The summed E-state index contributed by atoms with van der Waals surface area (Å²) in [5.74, 6) is -1.90. The Balaban J connectivity index is 1.53. The van der Waals surface area contributed by atoms with Gasteiger partial charge in [-0.05, 0) is 24.3 Å². The molecule has 0 aliphatic carbocycles. The lowest BCUT2D eigenvalue weighted by Gasteiger charge is -2.08. The Hall–Kier alpha value is -3.36. The zero-order valence-electron chi connectivity index (χ0n) is 14.0. The Morgan fingerprint density at radius 2 is 1.70 bits per heavy atom. The Bertz CT molecular complexity index is 893. The van der Waals surface area contributed by atoms with E-state index in [2.05, 4.69) is 25.3 Å². The average molecular weight is 376 g/mol. The van der Waals surface area contributed by atoms with Crippen LogP contribution in [0.25, 0.3) is 11.4 Å². The van der Waals surface area contributed by atoms with Crippen LogP contribution in [0.4, 0.5) is 18.9 Å². The van der Waals surface area contributed by atoms with Gasteiger partial charge in [0.05, 0.1) is 0 Å². The minimum Gasteiger partial charge on any atom is -0.383 e. The molecule has 2 N–H and O–H groups in total. The fourth-order valence-electron chi connectivity index (χ4n) is 2.27. The van der Waals surface area contributed by atoms with Crippen molar-refractivity contribution in [3.05, 3.63) is 66.1 Å². The number of nitrogens with zero attached hydrogens (tertiary/aromatic N) is 2. The number of carbonyl (C=O) groups is 1. The van der Waals surface area contributed by atoms with Gasteiger partial charge in [-0.3, -0.25) is 4.79 Å². The first kappa shape index (κ1) is 18.4. The zero-order chi connectivity index (χ0) is 19.3. The average Bonchev–Trinajstić information content (AvgIpc) is 3.17. The smallest absolute Gasteiger partial charge is 0.383 e. The second-order valence-electron chi connectivity index (χ2n) is 5.55. The van der Waals surface area contributed by atoms with Crippen LogP contribution in [0.15, 0.2) is 59.1 Å². The van der Waals surface area contributed by atoms with Crippen LogP contribution in [0, 0.1) is 0 Å². The van der Waals surface area contributed by atoms with Crippen LogP contribution in [0.2, 0.25) is 0 Å². The summed E-state index contributed by atoms with van der Waals surface area (Å²) < 4.78 is 41.7. The molecule has 2 aromatic carbocycles. The van der Waals surface area contributed by atoms with Gasteiger partial charge >= 0.3 is 12.1 Å². The van der Waals surface area contributed by atoms with Crippen molar-refractivity contribution in [2.45, 2.75) is 6.18 Å². The molecule has 140 valence electrons. The molecule has 0 atom stereocenters. The maximum atomic E-state index is 12.5. The third-order valence-corrected chi connectivity index (χ3v) is 3.59. The molecule has 6 nitrogen and oxygen atoms in total. The highest BCUT2D eigenvalue weighted by molar-refractivity contribution is 5.94. The van der Waals surface area contributed by atoms with Gasteiger partial charge in [-0.1, -0.05) is 35.5 Å². The molecule has 0 bridgehead atoms. The molecule has 0 saturated carbocycles. The first-order chi connectivity index (χ1) is 12.9. The van der Waals surface area contributed by atoms with E-state index in [4.69, 9.17) is 0 Å². The van der Waals surface area contributed by atoms with Crippen molar-refractivity contribution >= 4 is 11.6 Å². The van der Waals surface area contributed by atoms with Gasteiger partial charge in [0, 0.05) is 29.9 Å². The van der Waals surface area contributed by atoms with Crippen LogP contribution in [-0.4, -0.2) is 29.1 Å². The van der Waals surface area contributed by atoms with Crippen LogP contribution in [0.3, 0.4) is 0 Å². The molecule has 0 spiro atoms. The highest BCUT2D eigenvalue weighted by Crippen LogP contribution is 2.29. The molecule has 0 radical (unpaired) electrons. The second kappa shape index (κ2) is 7.90. The van der Waals surface area contributed by atoms with E-state index < -0.39 is 12.1 Å².